The smallest absolute Gasteiger partial charge is 0.227 e. The Bertz CT molecular complexity index is 926. The Balaban J connectivity index is 1.56. The number of amides is 1. The summed E-state index contributed by atoms with van der Waals surface area (Å²) in [5.41, 5.74) is 3.03. The van der Waals surface area contributed by atoms with Gasteiger partial charge in [0.2, 0.25) is 11.8 Å². The molecule has 1 amide bonds. The first kappa shape index (κ1) is 16.6. The van der Waals surface area contributed by atoms with Crippen LogP contribution in [-0.4, -0.2) is 18.0 Å². The van der Waals surface area contributed by atoms with Crippen molar-refractivity contribution in [1.29, 1.82) is 0 Å². The van der Waals surface area contributed by atoms with Crippen LogP contribution in [0.2, 0.25) is 0 Å². The Morgan fingerprint density at radius 1 is 1.15 bits per heavy atom. The molecule has 1 aromatic heterocycles. The maximum absolute atomic E-state index is 12.4. The first-order chi connectivity index (χ1) is 12.7. The molecule has 1 aliphatic carbocycles. The second-order valence-electron chi connectivity index (χ2n) is 6.76. The minimum absolute atomic E-state index is 0.108. The third-order valence-corrected chi connectivity index (χ3v) is 4.95. The molecule has 1 saturated carbocycles. The molecule has 0 saturated heterocycles. The fourth-order valence-electron chi connectivity index (χ4n) is 3.49. The predicted molar refractivity (Wildman–Crippen MR) is 101 cm³/mol. The Morgan fingerprint density at radius 3 is 2.81 bits per heavy atom. The summed E-state index contributed by atoms with van der Waals surface area (Å²) in [6.45, 7) is 0. The minimum Gasteiger partial charge on any atom is -0.497 e. The molecule has 5 nitrogen and oxygen atoms in total. The van der Waals surface area contributed by atoms with Crippen LogP contribution in [0.5, 0.6) is 5.75 Å². The molecular weight excluding hydrogens is 328 g/mol. The van der Waals surface area contributed by atoms with Crippen molar-refractivity contribution >= 4 is 22.7 Å². The second-order valence-corrected chi connectivity index (χ2v) is 6.76. The fourth-order valence-corrected chi connectivity index (χ4v) is 3.49. The first-order valence-electron chi connectivity index (χ1n) is 9.09. The topological polar surface area (TPSA) is 64.4 Å². The summed E-state index contributed by atoms with van der Waals surface area (Å²) in [5, 5.41) is 3.02. The summed E-state index contributed by atoms with van der Waals surface area (Å²) in [5.74, 6) is 1.53. The number of aromatic nitrogens is 1. The third-order valence-electron chi connectivity index (χ3n) is 4.95. The molecule has 3 aromatic rings. The first-order valence-corrected chi connectivity index (χ1v) is 9.09. The molecule has 0 spiro atoms. The number of nitrogens with zero attached hydrogens (tertiary/aromatic N) is 1. The van der Waals surface area contributed by atoms with Crippen LogP contribution >= 0.6 is 0 Å². The van der Waals surface area contributed by atoms with Crippen LogP contribution in [0, 0.1) is 5.92 Å². The highest BCUT2D eigenvalue weighted by atomic mass is 16.5. The van der Waals surface area contributed by atoms with Crippen molar-refractivity contribution in [2.75, 3.05) is 12.4 Å². The molecule has 0 atom stereocenters. The lowest BCUT2D eigenvalue weighted by Gasteiger charge is -2.20. The SMILES string of the molecule is COc1cccc(-c2nc3ccc(NC(=O)C4CCCCC4)cc3o2)c1. The van der Waals surface area contributed by atoms with Gasteiger partial charge in [-0.1, -0.05) is 25.3 Å². The number of rotatable bonds is 4. The van der Waals surface area contributed by atoms with E-state index >= 15 is 0 Å². The molecule has 0 radical (unpaired) electrons. The highest BCUT2D eigenvalue weighted by Crippen LogP contribution is 2.29. The van der Waals surface area contributed by atoms with E-state index in [9.17, 15) is 4.79 Å². The van der Waals surface area contributed by atoms with Gasteiger partial charge in [0.25, 0.3) is 0 Å². The van der Waals surface area contributed by atoms with Crippen molar-refractivity contribution in [3.8, 4) is 17.2 Å². The number of anilines is 1. The van der Waals surface area contributed by atoms with Gasteiger partial charge in [-0.25, -0.2) is 4.98 Å². The summed E-state index contributed by atoms with van der Waals surface area (Å²) >= 11 is 0. The van der Waals surface area contributed by atoms with E-state index in [1.807, 2.05) is 42.5 Å². The van der Waals surface area contributed by atoms with Crippen molar-refractivity contribution in [3.05, 3.63) is 42.5 Å². The minimum atomic E-state index is 0.108. The van der Waals surface area contributed by atoms with E-state index < -0.39 is 0 Å². The van der Waals surface area contributed by atoms with Crippen LogP contribution in [0.4, 0.5) is 5.69 Å². The van der Waals surface area contributed by atoms with E-state index in [1.54, 1.807) is 7.11 Å². The number of benzene rings is 2. The van der Waals surface area contributed by atoms with Gasteiger partial charge in [0.1, 0.15) is 11.3 Å². The maximum atomic E-state index is 12.4. The van der Waals surface area contributed by atoms with Gasteiger partial charge in [-0.3, -0.25) is 4.79 Å². The van der Waals surface area contributed by atoms with E-state index in [4.69, 9.17) is 9.15 Å². The summed E-state index contributed by atoms with van der Waals surface area (Å²) < 4.78 is 11.2. The molecule has 1 aliphatic rings. The van der Waals surface area contributed by atoms with Gasteiger partial charge in [-0.05, 0) is 43.2 Å². The van der Waals surface area contributed by atoms with E-state index in [0.717, 1.165) is 48.2 Å². The number of carbonyl (C=O) groups excluding carboxylic acids is 1. The Labute approximate surface area is 152 Å². The van der Waals surface area contributed by atoms with Crippen LogP contribution in [0.15, 0.2) is 46.9 Å². The number of fused-ring (bicyclic) bond motifs is 1. The summed E-state index contributed by atoms with van der Waals surface area (Å²) in [6, 6.07) is 13.2. The van der Waals surface area contributed by atoms with Crippen molar-refractivity contribution in [1.82, 2.24) is 4.98 Å². The number of ether oxygens (including phenoxy) is 1. The molecule has 1 fully saturated rings. The Kier molecular flexibility index (Phi) is 4.61. The molecular formula is C21H22N2O3. The molecule has 0 bridgehead atoms. The molecule has 1 heterocycles. The van der Waals surface area contributed by atoms with E-state index in [-0.39, 0.29) is 11.8 Å². The number of hydrogen-bond donors (Lipinski definition) is 1. The van der Waals surface area contributed by atoms with Gasteiger partial charge >= 0.3 is 0 Å². The average molecular weight is 350 g/mol. The molecule has 134 valence electrons. The van der Waals surface area contributed by atoms with Crippen LogP contribution in [-0.2, 0) is 4.79 Å². The van der Waals surface area contributed by atoms with Crippen LogP contribution in [0.1, 0.15) is 32.1 Å². The lowest BCUT2D eigenvalue weighted by atomic mass is 9.88. The molecule has 1 N–H and O–H groups in total. The van der Waals surface area contributed by atoms with Crippen LogP contribution < -0.4 is 10.1 Å². The van der Waals surface area contributed by atoms with E-state index in [2.05, 4.69) is 10.3 Å². The number of carbonyl (C=O) groups is 1. The quantitative estimate of drug-likeness (QED) is 0.717. The van der Waals surface area contributed by atoms with Crippen molar-refractivity contribution in [2.45, 2.75) is 32.1 Å². The summed E-state index contributed by atoms with van der Waals surface area (Å²) in [6.07, 6.45) is 5.49. The zero-order valence-corrected chi connectivity index (χ0v) is 14.8. The molecule has 5 heteroatoms. The van der Waals surface area contributed by atoms with Crippen LogP contribution in [0.3, 0.4) is 0 Å². The number of nitrogens with one attached hydrogen (secondary N) is 1. The van der Waals surface area contributed by atoms with Gasteiger partial charge in [-0.2, -0.15) is 0 Å². The highest BCUT2D eigenvalue weighted by molar-refractivity contribution is 5.94. The summed E-state index contributed by atoms with van der Waals surface area (Å²) in [4.78, 5) is 17.0. The largest absolute Gasteiger partial charge is 0.497 e. The van der Waals surface area contributed by atoms with Gasteiger partial charge in [0, 0.05) is 23.2 Å². The average Bonchev–Trinajstić information content (AvgIpc) is 3.12. The van der Waals surface area contributed by atoms with Gasteiger partial charge in [-0.15, -0.1) is 0 Å². The zero-order chi connectivity index (χ0) is 17.9. The molecule has 0 unspecified atom stereocenters. The van der Waals surface area contributed by atoms with Crippen molar-refractivity contribution in [3.63, 3.8) is 0 Å². The molecule has 26 heavy (non-hydrogen) atoms. The predicted octanol–water partition coefficient (Wildman–Crippen LogP) is 5.02. The monoisotopic (exact) mass is 350 g/mol. The Morgan fingerprint density at radius 2 is 2.00 bits per heavy atom. The second kappa shape index (κ2) is 7.20. The van der Waals surface area contributed by atoms with Crippen molar-refractivity contribution in [2.24, 2.45) is 5.92 Å². The number of hydrogen-bond acceptors (Lipinski definition) is 4. The van der Waals surface area contributed by atoms with Gasteiger partial charge < -0.3 is 14.5 Å². The van der Waals surface area contributed by atoms with E-state index in [1.165, 1.54) is 6.42 Å². The van der Waals surface area contributed by atoms with Crippen molar-refractivity contribution < 1.29 is 13.9 Å². The lowest BCUT2D eigenvalue weighted by molar-refractivity contribution is -0.120. The third kappa shape index (κ3) is 3.43. The fraction of sp³-hybridized carbons (Fsp3) is 0.333. The summed E-state index contributed by atoms with van der Waals surface area (Å²) in [7, 11) is 1.63. The number of methoxy groups -OCH3 is 1. The lowest BCUT2D eigenvalue weighted by Crippen LogP contribution is -2.24. The van der Waals surface area contributed by atoms with Gasteiger partial charge in [0.05, 0.1) is 7.11 Å². The molecule has 2 aromatic carbocycles. The van der Waals surface area contributed by atoms with E-state index in [0.29, 0.717) is 11.5 Å². The van der Waals surface area contributed by atoms with Gasteiger partial charge in [0.15, 0.2) is 5.58 Å². The normalized spacial score (nSPS) is 15.1. The zero-order valence-electron chi connectivity index (χ0n) is 14.8. The molecule has 0 aliphatic heterocycles. The standard InChI is InChI=1S/C21H22N2O3/c1-25-17-9-5-8-15(12-17)21-23-18-11-10-16(13-19(18)26-21)22-20(24)14-6-3-2-4-7-14/h5,8-14H,2-4,6-7H2,1H3,(H,22,24). The highest BCUT2D eigenvalue weighted by Gasteiger charge is 2.21. The Hall–Kier alpha value is -2.82. The maximum Gasteiger partial charge on any atom is 0.227 e. The molecule has 4 rings (SSSR count). The number of oxazole rings is 1. The van der Waals surface area contributed by atoms with Crippen LogP contribution in [0.25, 0.3) is 22.6 Å².